The van der Waals surface area contributed by atoms with E-state index in [1.54, 1.807) is 0 Å². The lowest BCUT2D eigenvalue weighted by Gasteiger charge is -2.27. The van der Waals surface area contributed by atoms with E-state index in [2.05, 4.69) is 211 Å². The fourth-order valence-electron chi connectivity index (χ4n) is 8.16. The van der Waals surface area contributed by atoms with E-state index in [1.165, 1.54) is 49.0 Å². The summed E-state index contributed by atoms with van der Waals surface area (Å²) in [5.41, 5.74) is 10.8. The molecule has 0 saturated carbocycles. The Bertz CT molecular complexity index is 3250. The summed E-state index contributed by atoms with van der Waals surface area (Å²) in [5.74, 6) is 0.638. The molecule has 0 aliphatic heterocycles. The molecular formula is C53H34N2O. The number of nitrogens with zero attached hydrogens (tertiary/aromatic N) is 2. The van der Waals surface area contributed by atoms with Crippen molar-refractivity contribution >= 4 is 71.3 Å². The van der Waals surface area contributed by atoms with Crippen LogP contribution in [0.3, 0.4) is 0 Å². The van der Waals surface area contributed by atoms with Crippen LogP contribution in [0.1, 0.15) is 0 Å². The molecule has 0 aliphatic carbocycles. The van der Waals surface area contributed by atoms with Crippen molar-refractivity contribution in [3.63, 3.8) is 0 Å². The van der Waals surface area contributed by atoms with Crippen molar-refractivity contribution in [2.24, 2.45) is 0 Å². The van der Waals surface area contributed by atoms with Gasteiger partial charge in [0.15, 0.2) is 5.58 Å². The largest absolute Gasteiger partial charge is 0.435 e. The third-order valence-electron chi connectivity index (χ3n) is 11.0. The van der Waals surface area contributed by atoms with Gasteiger partial charge in [-0.3, -0.25) is 0 Å². The van der Waals surface area contributed by atoms with Gasteiger partial charge in [0.05, 0.1) is 5.69 Å². The summed E-state index contributed by atoms with van der Waals surface area (Å²) in [6, 6.07) is 73.7. The molecule has 0 bridgehead atoms. The van der Waals surface area contributed by atoms with Crippen LogP contribution in [-0.2, 0) is 0 Å². The minimum atomic E-state index is 0.638. The number of oxazole rings is 1. The van der Waals surface area contributed by atoms with E-state index >= 15 is 0 Å². The number of aromatic nitrogens is 1. The van der Waals surface area contributed by atoms with Crippen LogP contribution in [0.2, 0.25) is 0 Å². The molecule has 0 aliphatic rings. The monoisotopic (exact) mass is 714 g/mol. The highest BCUT2D eigenvalue weighted by molar-refractivity contribution is 6.06. The predicted octanol–water partition coefficient (Wildman–Crippen LogP) is 14.9. The van der Waals surface area contributed by atoms with Gasteiger partial charge in [-0.15, -0.1) is 0 Å². The molecule has 0 radical (unpaired) electrons. The number of hydrogen-bond donors (Lipinski definition) is 0. The summed E-state index contributed by atoms with van der Waals surface area (Å²) < 4.78 is 6.45. The Labute approximate surface area is 324 Å². The highest BCUT2D eigenvalue weighted by Gasteiger charge is 2.17. The molecule has 0 unspecified atom stereocenters. The zero-order valence-corrected chi connectivity index (χ0v) is 30.4. The van der Waals surface area contributed by atoms with Gasteiger partial charge in [0.2, 0.25) is 5.89 Å². The maximum atomic E-state index is 6.45. The smallest absolute Gasteiger partial charge is 0.227 e. The quantitative estimate of drug-likeness (QED) is 0.172. The Morgan fingerprint density at radius 1 is 0.339 bits per heavy atom. The molecule has 11 rings (SSSR count). The molecule has 0 fully saturated rings. The molecule has 3 nitrogen and oxygen atoms in total. The predicted molar refractivity (Wildman–Crippen MR) is 235 cm³/mol. The first-order valence-electron chi connectivity index (χ1n) is 19.0. The first-order valence-corrected chi connectivity index (χ1v) is 19.0. The molecule has 262 valence electrons. The SMILES string of the molecule is c1ccc(-c2ccc(N(c3ccc4cc(-c5ccc6c(ccc7nc(-c8ccc9ccccc9c8)oc76)c5)ccc4c3)c3cccc4ccccc34)cc2)cc1. The molecule has 10 aromatic carbocycles. The topological polar surface area (TPSA) is 29.3 Å². The molecule has 0 N–H and O–H groups in total. The highest BCUT2D eigenvalue weighted by Crippen LogP contribution is 2.41. The van der Waals surface area contributed by atoms with Gasteiger partial charge in [0.1, 0.15) is 5.52 Å². The number of hydrogen-bond acceptors (Lipinski definition) is 3. The minimum absolute atomic E-state index is 0.638. The average molecular weight is 715 g/mol. The Kier molecular flexibility index (Phi) is 7.49. The Morgan fingerprint density at radius 2 is 0.911 bits per heavy atom. The van der Waals surface area contributed by atoms with Crippen LogP contribution in [-0.4, -0.2) is 4.98 Å². The lowest BCUT2D eigenvalue weighted by molar-refractivity contribution is 0.623. The first-order chi connectivity index (χ1) is 27.7. The summed E-state index contributed by atoms with van der Waals surface area (Å²) in [6.45, 7) is 0. The lowest BCUT2D eigenvalue weighted by atomic mass is 9.98. The van der Waals surface area contributed by atoms with Gasteiger partial charge in [0.25, 0.3) is 0 Å². The Balaban J connectivity index is 0.952. The van der Waals surface area contributed by atoms with Crippen LogP contribution in [0.5, 0.6) is 0 Å². The molecule has 0 amide bonds. The minimum Gasteiger partial charge on any atom is -0.435 e. The van der Waals surface area contributed by atoms with Gasteiger partial charge in [-0.1, -0.05) is 140 Å². The molecule has 1 heterocycles. The Hall–Kier alpha value is -7.49. The van der Waals surface area contributed by atoms with Gasteiger partial charge in [0, 0.05) is 27.7 Å². The second-order valence-electron chi connectivity index (χ2n) is 14.4. The van der Waals surface area contributed by atoms with Crippen molar-refractivity contribution in [2.45, 2.75) is 0 Å². The zero-order valence-electron chi connectivity index (χ0n) is 30.4. The average Bonchev–Trinajstić information content (AvgIpc) is 3.72. The van der Waals surface area contributed by atoms with Gasteiger partial charge in [-0.05, 0) is 121 Å². The van der Waals surface area contributed by atoms with Gasteiger partial charge < -0.3 is 9.32 Å². The van der Waals surface area contributed by atoms with Crippen LogP contribution in [0, 0.1) is 0 Å². The van der Waals surface area contributed by atoms with E-state index in [-0.39, 0.29) is 0 Å². The maximum absolute atomic E-state index is 6.45. The van der Waals surface area contributed by atoms with Crippen LogP contribution in [0.25, 0.3) is 87.9 Å². The van der Waals surface area contributed by atoms with Crippen molar-refractivity contribution in [1.29, 1.82) is 0 Å². The van der Waals surface area contributed by atoms with E-state index < -0.39 is 0 Å². The Morgan fingerprint density at radius 3 is 1.79 bits per heavy atom. The number of benzene rings is 10. The summed E-state index contributed by atoms with van der Waals surface area (Å²) in [6.07, 6.45) is 0. The fourth-order valence-corrected chi connectivity index (χ4v) is 8.16. The van der Waals surface area contributed by atoms with Crippen molar-refractivity contribution in [3.05, 3.63) is 206 Å². The molecular weight excluding hydrogens is 681 g/mol. The molecule has 0 saturated heterocycles. The maximum Gasteiger partial charge on any atom is 0.227 e. The molecule has 3 heteroatoms. The molecule has 11 aromatic rings. The third kappa shape index (κ3) is 5.57. The van der Waals surface area contributed by atoms with Crippen LogP contribution >= 0.6 is 0 Å². The standard InChI is InChI=1S/C53H34N2O/c1-2-9-35(10-3-1)37-21-26-46(27-22-37)55(51-16-8-14-38-12-6-7-15-48(38)51)47-28-23-41-31-40(18-19-43(41)34-47)42-24-29-49-44(32-42)25-30-50-52(49)56-53(54-50)45-20-17-36-11-4-5-13-39(36)33-45/h1-34H. The van der Waals surface area contributed by atoms with E-state index in [1.807, 2.05) is 0 Å². The highest BCUT2D eigenvalue weighted by atomic mass is 16.3. The van der Waals surface area contributed by atoms with Gasteiger partial charge >= 0.3 is 0 Å². The summed E-state index contributed by atoms with van der Waals surface area (Å²) >= 11 is 0. The van der Waals surface area contributed by atoms with Crippen molar-refractivity contribution in [1.82, 2.24) is 4.98 Å². The summed E-state index contributed by atoms with van der Waals surface area (Å²) in [4.78, 5) is 7.25. The molecule has 0 spiro atoms. The van der Waals surface area contributed by atoms with Crippen molar-refractivity contribution in [3.8, 4) is 33.7 Å². The van der Waals surface area contributed by atoms with Gasteiger partial charge in [-0.2, -0.15) is 0 Å². The third-order valence-corrected chi connectivity index (χ3v) is 11.0. The second-order valence-corrected chi connectivity index (χ2v) is 14.4. The number of fused-ring (bicyclic) bond motifs is 6. The normalized spacial score (nSPS) is 11.6. The van der Waals surface area contributed by atoms with Crippen molar-refractivity contribution < 1.29 is 4.42 Å². The number of anilines is 3. The summed E-state index contributed by atoms with van der Waals surface area (Å²) in [5, 5.41) is 9.35. The second kappa shape index (κ2) is 13.1. The zero-order chi connectivity index (χ0) is 37.0. The van der Waals surface area contributed by atoms with E-state index in [0.717, 1.165) is 50.1 Å². The van der Waals surface area contributed by atoms with Gasteiger partial charge in [-0.25, -0.2) is 4.98 Å². The number of rotatable bonds is 6. The van der Waals surface area contributed by atoms with E-state index in [4.69, 9.17) is 9.40 Å². The van der Waals surface area contributed by atoms with Crippen LogP contribution < -0.4 is 4.90 Å². The lowest BCUT2D eigenvalue weighted by Crippen LogP contribution is -2.10. The fraction of sp³-hybridized carbons (Fsp3) is 0. The molecule has 0 atom stereocenters. The van der Waals surface area contributed by atoms with E-state index in [9.17, 15) is 0 Å². The van der Waals surface area contributed by atoms with E-state index in [0.29, 0.717) is 5.89 Å². The van der Waals surface area contributed by atoms with Crippen LogP contribution in [0.15, 0.2) is 211 Å². The molecule has 56 heavy (non-hydrogen) atoms. The first kappa shape index (κ1) is 32.0. The summed E-state index contributed by atoms with van der Waals surface area (Å²) in [7, 11) is 0. The van der Waals surface area contributed by atoms with Crippen LogP contribution in [0.4, 0.5) is 17.1 Å². The molecule has 1 aromatic heterocycles. The van der Waals surface area contributed by atoms with Crippen molar-refractivity contribution in [2.75, 3.05) is 4.90 Å².